The lowest BCUT2D eigenvalue weighted by Gasteiger charge is -2.25. The van der Waals surface area contributed by atoms with Gasteiger partial charge in [0.1, 0.15) is 0 Å². The largest absolute Gasteiger partial charge is 0.377 e. The topological polar surface area (TPSA) is 64.6 Å². The average Bonchev–Trinajstić information content (AvgIpc) is 2.74. The number of ether oxygens (including phenoxy) is 2. The van der Waals surface area contributed by atoms with Crippen LogP contribution < -0.4 is 4.72 Å². The Morgan fingerprint density at radius 1 is 1.29 bits per heavy atom. The van der Waals surface area contributed by atoms with E-state index in [1.165, 1.54) is 0 Å². The van der Waals surface area contributed by atoms with Crippen molar-refractivity contribution in [2.75, 3.05) is 32.6 Å². The van der Waals surface area contributed by atoms with E-state index in [2.05, 4.69) is 4.72 Å². The summed E-state index contributed by atoms with van der Waals surface area (Å²) in [7, 11) is -3.19. The van der Waals surface area contributed by atoms with Crippen LogP contribution in [-0.4, -0.2) is 47.1 Å². The Bertz CT molecular complexity index is 639. The molecule has 2 rings (SSSR count). The van der Waals surface area contributed by atoms with Crippen LogP contribution in [0.5, 0.6) is 0 Å². The summed E-state index contributed by atoms with van der Waals surface area (Å²) in [4.78, 5) is 0. The van der Waals surface area contributed by atoms with Crippen LogP contribution in [0.1, 0.15) is 30.7 Å². The molecular formula is C16H23Cl2NO4S. The highest BCUT2D eigenvalue weighted by Gasteiger charge is 2.26. The molecule has 1 aromatic rings. The monoisotopic (exact) mass is 395 g/mol. The molecule has 0 amide bonds. The zero-order chi connectivity index (χ0) is 17.6. The van der Waals surface area contributed by atoms with E-state index in [9.17, 15) is 8.42 Å². The second-order valence-electron chi connectivity index (χ2n) is 5.93. The molecule has 1 heterocycles. The zero-order valence-corrected chi connectivity index (χ0v) is 16.0. The number of halogens is 2. The predicted octanol–water partition coefficient (Wildman–Crippen LogP) is 3.21. The molecule has 1 aliphatic heterocycles. The molecule has 0 aliphatic carbocycles. The lowest BCUT2D eigenvalue weighted by molar-refractivity contribution is -0.0215. The molecule has 0 saturated carbocycles. The van der Waals surface area contributed by atoms with Gasteiger partial charge in [-0.1, -0.05) is 35.7 Å². The fourth-order valence-corrected chi connectivity index (χ4v) is 3.55. The van der Waals surface area contributed by atoms with Crippen molar-refractivity contribution >= 4 is 33.2 Å². The molecule has 0 radical (unpaired) electrons. The first-order valence-electron chi connectivity index (χ1n) is 7.96. The molecule has 1 fully saturated rings. The Balaban J connectivity index is 1.95. The van der Waals surface area contributed by atoms with Crippen molar-refractivity contribution in [2.24, 2.45) is 0 Å². The third-order valence-corrected chi connectivity index (χ3v) is 5.42. The minimum atomic E-state index is -3.19. The fourth-order valence-electron chi connectivity index (χ4n) is 2.79. The van der Waals surface area contributed by atoms with Crippen molar-refractivity contribution in [3.05, 3.63) is 33.8 Å². The van der Waals surface area contributed by atoms with E-state index in [1.807, 2.05) is 12.1 Å². The van der Waals surface area contributed by atoms with Crippen LogP contribution in [0, 0.1) is 0 Å². The summed E-state index contributed by atoms with van der Waals surface area (Å²) >= 11 is 12.1. The highest BCUT2D eigenvalue weighted by atomic mass is 35.5. The molecular weight excluding hydrogens is 373 g/mol. The average molecular weight is 396 g/mol. The van der Waals surface area contributed by atoms with E-state index >= 15 is 0 Å². The van der Waals surface area contributed by atoms with Gasteiger partial charge in [-0.05, 0) is 30.5 Å². The van der Waals surface area contributed by atoms with Gasteiger partial charge in [-0.25, -0.2) is 13.1 Å². The first-order chi connectivity index (χ1) is 11.4. The maximum Gasteiger partial charge on any atom is 0.208 e. The summed E-state index contributed by atoms with van der Waals surface area (Å²) < 4.78 is 36.0. The van der Waals surface area contributed by atoms with Crippen LogP contribution >= 0.6 is 23.2 Å². The Hall–Kier alpha value is -0.370. The van der Waals surface area contributed by atoms with Crippen molar-refractivity contribution < 1.29 is 17.9 Å². The summed E-state index contributed by atoms with van der Waals surface area (Å²) in [6, 6.07) is 5.67. The zero-order valence-electron chi connectivity index (χ0n) is 13.6. The number of hydrogen-bond donors (Lipinski definition) is 1. The highest BCUT2D eigenvalue weighted by Crippen LogP contribution is 2.34. The van der Waals surface area contributed by atoms with Crippen LogP contribution in [-0.2, 0) is 19.5 Å². The Morgan fingerprint density at radius 2 is 2.08 bits per heavy atom. The van der Waals surface area contributed by atoms with Gasteiger partial charge in [-0.3, -0.25) is 0 Å². The second-order valence-corrected chi connectivity index (χ2v) is 8.57. The number of benzene rings is 1. The Morgan fingerprint density at radius 3 is 2.79 bits per heavy atom. The standard InChI is InChI=1S/C16H23Cl2NO4S/c1-24(20,21)19-7-9-22-11-16-13(4-2-3-8-23-16)12-5-6-14(17)15(18)10-12/h5-6,10,13,16,19H,2-4,7-9,11H2,1H3/t13-,16-/m0/s1. The smallest absolute Gasteiger partial charge is 0.208 e. The molecule has 0 unspecified atom stereocenters. The van der Waals surface area contributed by atoms with Crippen molar-refractivity contribution in [3.63, 3.8) is 0 Å². The summed E-state index contributed by atoms with van der Waals surface area (Å²) in [5.41, 5.74) is 1.09. The van der Waals surface area contributed by atoms with Gasteiger partial charge in [-0.15, -0.1) is 0 Å². The van der Waals surface area contributed by atoms with Crippen molar-refractivity contribution in [1.29, 1.82) is 0 Å². The van der Waals surface area contributed by atoms with Crippen LogP contribution in [0.15, 0.2) is 18.2 Å². The maximum absolute atomic E-state index is 11.0. The molecule has 1 aliphatic rings. The predicted molar refractivity (Wildman–Crippen MR) is 96.5 cm³/mol. The lowest BCUT2D eigenvalue weighted by atomic mass is 9.89. The molecule has 136 valence electrons. The maximum atomic E-state index is 11.0. The molecule has 2 atom stereocenters. The third kappa shape index (κ3) is 6.50. The third-order valence-electron chi connectivity index (χ3n) is 3.95. The van der Waals surface area contributed by atoms with Crippen LogP contribution in [0.2, 0.25) is 10.0 Å². The fraction of sp³-hybridized carbons (Fsp3) is 0.625. The van der Waals surface area contributed by atoms with E-state index in [1.54, 1.807) is 6.07 Å². The molecule has 0 bridgehead atoms. The normalized spacial score (nSPS) is 22.3. The molecule has 1 saturated heterocycles. The van der Waals surface area contributed by atoms with Crippen LogP contribution in [0.25, 0.3) is 0 Å². The second kappa shape index (κ2) is 9.36. The molecule has 24 heavy (non-hydrogen) atoms. The van der Waals surface area contributed by atoms with E-state index in [0.29, 0.717) is 29.9 Å². The number of nitrogens with one attached hydrogen (secondary N) is 1. The molecule has 1 N–H and O–H groups in total. The number of hydrogen-bond acceptors (Lipinski definition) is 4. The summed E-state index contributed by atoms with van der Waals surface area (Å²) in [6.45, 7) is 1.67. The number of rotatable bonds is 7. The summed E-state index contributed by atoms with van der Waals surface area (Å²) in [6.07, 6.45) is 4.14. The van der Waals surface area contributed by atoms with Gasteiger partial charge in [0.25, 0.3) is 0 Å². The van der Waals surface area contributed by atoms with Gasteiger partial charge in [0.2, 0.25) is 10.0 Å². The van der Waals surface area contributed by atoms with Gasteiger partial charge in [0.05, 0.1) is 35.6 Å². The van der Waals surface area contributed by atoms with Gasteiger partial charge in [0, 0.05) is 19.1 Å². The minimum absolute atomic E-state index is 0.0806. The summed E-state index contributed by atoms with van der Waals surface area (Å²) in [5, 5.41) is 1.07. The summed E-state index contributed by atoms with van der Waals surface area (Å²) in [5.74, 6) is 0.185. The van der Waals surface area contributed by atoms with Gasteiger partial charge >= 0.3 is 0 Å². The lowest BCUT2D eigenvalue weighted by Crippen LogP contribution is -2.30. The van der Waals surface area contributed by atoms with Gasteiger partial charge < -0.3 is 9.47 Å². The SMILES string of the molecule is CS(=O)(=O)NCCOC[C@@H]1OCCCC[C@H]1c1ccc(Cl)c(Cl)c1. The molecule has 8 heteroatoms. The minimum Gasteiger partial charge on any atom is -0.377 e. The van der Waals surface area contributed by atoms with Gasteiger partial charge in [0.15, 0.2) is 0 Å². The van der Waals surface area contributed by atoms with E-state index in [0.717, 1.165) is 31.1 Å². The number of sulfonamides is 1. The molecule has 5 nitrogen and oxygen atoms in total. The molecule has 1 aromatic carbocycles. The van der Waals surface area contributed by atoms with Crippen LogP contribution in [0.4, 0.5) is 0 Å². The first-order valence-corrected chi connectivity index (χ1v) is 10.6. The van der Waals surface area contributed by atoms with Crippen molar-refractivity contribution in [3.8, 4) is 0 Å². The highest BCUT2D eigenvalue weighted by molar-refractivity contribution is 7.88. The Labute approximate surface area is 153 Å². The molecule has 0 aromatic heterocycles. The first kappa shape index (κ1) is 19.9. The van der Waals surface area contributed by atoms with Crippen molar-refractivity contribution in [1.82, 2.24) is 4.72 Å². The van der Waals surface area contributed by atoms with E-state index < -0.39 is 10.0 Å². The van der Waals surface area contributed by atoms with Crippen molar-refractivity contribution in [2.45, 2.75) is 31.3 Å². The van der Waals surface area contributed by atoms with E-state index in [-0.39, 0.29) is 18.6 Å². The molecule has 0 spiro atoms. The quantitative estimate of drug-likeness (QED) is 0.719. The van der Waals surface area contributed by atoms with Crippen LogP contribution in [0.3, 0.4) is 0 Å². The van der Waals surface area contributed by atoms with E-state index in [4.69, 9.17) is 32.7 Å². The Kier molecular flexibility index (Phi) is 7.78. The van der Waals surface area contributed by atoms with Gasteiger partial charge in [-0.2, -0.15) is 0 Å².